The monoisotopic (exact) mass is 383 g/mol. The molecule has 116 valence electrons. The van der Waals surface area contributed by atoms with Crippen LogP contribution in [0.15, 0.2) is 22.2 Å². The molecule has 22 heavy (non-hydrogen) atoms. The number of pyridine rings is 1. The molecule has 3 heterocycles. The largest absolute Gasteiger partial charge is 0.364 e. The van der Waals surface area contributed by atoms with Crippen LogP contribution in [0.1, 0.15) is 12.8 Å². The lowest BCUT2D eigenvalue weighted by molar-refractivity contribution is 0.375. The molecule has 5 nitrogen and oxygen atoms in total. The van der Waals surface area contributed by atoms with E-state index >= 15 is 0 Å². The molecule has 4 rings (SSSR count). The second kappa shape index (κ2) is 5.73. The van der Waals surface area contributed by atoms with E-state index < -0.39 is 0 Å². The van der Waals surface area contributed by atoms with E-state index in [1.165, 1.54) is 6.07 Å². The number of hydrogen-bond acceptors (Lipinski definition) is 6. The first kappa shape index (κ1) is 14.3. The number of rotatable bonds is 3. The second-order valence-corrected chi connectivity index (χ2v) is 8.08. The highest BCUT2D eigenvalue weighted by molar-refractivity contribution is 9.11. The fraction of sp³-hybridized carbons (Fsp3) is 0.500. The smallest absolute Gasteiger partial charge is 0.209 e. The molecule has 2 bridgehead atoms. The van der Waals surface area contributed by atoms with Crippen LogP contribution in [0.4, 0.5) is 15.3 Å². The summed E-state index contributed by atoms with van der Waals surface area (Å²) in [5.74, 6) is 1.07. The van der Waals surface area contributed by atoms with Crippen LogP contribution in [0.25, 0.3) is 0 Å². The number of hydrogen-bond donors (Lipinski definition) is 1. The van der Waals surface area contributed by atoms with E-state index in [2.05, 4.69) is 41.3 Å². The van der Waals surface area contributed by atoms with Gasteiger partial charge in [0.25, 0.3) is 0 Å². The van der Waals surface area contributed by atoms with Crippen molar-refractivity contribution >= 4 is 38.2 Å². The summed E-state index contributed by atoms with van der Waals surface area (Å²) < 4.78 is 14.6. The number of fused-ring (bicyclic) bond motifs is 2. The quantitative estimate of drug-likeness (QED) is 0.881. The number of nitrogens with one attached hydrogen (secondary N) is 1. The van der Waals surface area contributed by atoms with E-state index in [0.29, 0.717) is 17.7 Å². The maximum atomic E-state index is 13.8. The van der Waals surface area contributed by atoms with Crippen molar-refractivity contribution in [2.24, 2.45) is 11.8 Å². The Morgan fingerprint density at radius 3 is 2.68 bits per heavy atom. The molecule has 0 aromatic carbocycles. The number of nitrogens with zero attached hydrogens (tertiary/aromatic N) is 4. The molecular weight excluding hydrogens is 369 g/mol. The summed E-state index contributed by atoms with van der Waals surface area (Å²) in [5, 5.41) is 12.5. The van der Waals surface area contributed by atoms with Gasteiger partial charge in [-0.1, -0.05) is 11.3 Å². The zero-order valence-corrected chi connectivity index (χ0v) is 14.1. The summed E-state index contributed by atoms with van der Waals surface area (Å²) >= 11 is 4.93. The molecule has 2 aliphatic rings. The molecule has 3 atom stereocenters. The highest BCUT2D eigenvalue weighted by Gasteiger charge is 2.43. The Balaban J connectivity index is 1.50. The minimum atomic E-state index is -0.280. The summed E-state index contributed by atoms with van der Waals surface area (Å²) in [6.45, 7) is 1.87. The molecule has 0 radical (unpaired) electrons. The van der Waals surface area contributed by atoms with Gasteiger partial charge in [0.15, 0.2) is 15.6 Å². The molecule has 1 saturated carbocycles. The van der Waals surface area contributed by atoms with Crippen LogP contribution in [-0.2, 0) is 0 Å². The van der Waals surface area contributed by atoms with Gasteiger partial charge in [0.2, 0.25) is 5.13 Å². The van der Waals surface area contributed by atoms with Crippen molar-refractivity contribution in [3.63, 3.8) is 0 Å². The van der Waals surface area contributed by atoms with Crippen molar-refractivity contribution < 1.29 is 4.39 Å². The lowest BCUT2D eigenvalue weighted by Gasteiger charge is -2.38. The van der Waals surface area contributed by atoms with Gasteiger partial charge in [0, 0.05) is 25.3 Å². The third-order valence-electron chi connectivity index (χ3n) is 4.56. The van der Waals surface area contributed by atoms with E-state index in [1.807, 2.05) is 0 Å². The Bertz CT molecular complexity index is 667. The lowest BCUT2D eigenvalue weighted by atomic mass is 9.92. The molecule has 1 aliphatic carbocycles. The SMILES string of the molecule is Fc1cccnc1N[C@@H]1[C@@H]2CC[C@H]1CN(c1nnc(Br)s1)C2. The first-order chi connectivity index (χ1) is 10.7. The van der Waals surface area contributed by atoms with Crippen molar-refractivity contribution in [3.05, 3.63) is 28.1 Å². The van der Waals surface area contributed by atoms with Gasteiger partial charge in [0.1, 0.15) is 0 Å². The zero-order chi connectivity index (χ0) is 15.1. The van der Waals surface area contributed by atoms with Crippen LogP contribution in [0.3, 0.4) is 0 Å². The standard InChI is InChI=1S/C14H15BrFN5S/c15-13-19-20-14(22-13)21-6-8-3-4-9(7-21)11(8)18-12-10(16)2-1-5-17-12/h1-2,5,8-9,11H,3-4,6-7H2,(H,17,18)/t8-,9+,11-. The third kappa shape index (κ3) is 2.58. The van der Waals surface area contributed by atoms with E-state index in [4.69, 9.17) is 0 Å². The number of piperidine rings is 1. The van der Waals surface area contributed by atoms with Crippen molar-refractivity contribution in [2.75, 3.05) is 23.3 Å². The van der Waals surface area contributed by atoms with Gasteiger partial charge in [-0.25, -0.2) is 9.37 Å². The zero-order valence-electron chi connectivity index (χ0n) is 11.7. The van der Waals surface area contributed by atoms with Gasteiger partial charge in [0.05, 0.1) is 0 Å². The Labute approximate surface area is 140 Å². The summed E-state index contributed by atoms with van der Waals surface area (Å²) in [7, 11) is 0. The van der Waals surface area contributed by atoms with Gasteiger partial charge >= 0.3 is 0 Å². The van der Waals surface area contributed by atoms with Gasteiger partial charge in [-0.3, -0.25) is 0 Å². The van der Waals surface area contributed by atoms with Crippen LogP contribution >= 0.6 is 27.3 Å². The molecule has 1 saturated heterocycles. The fourth-order valence-electron chi connectivity index (χ4n) is 3.59. The first-order valence-corrected chi connectivity index (χ1v) is 8.92. The number of halogens is 2. The Kier molecular flexibility index (Phi) is 3.73. The maximum absolute atomic E-state index is 13.8. The number of anilines is 2. The summed E-state index contributed by atoms with van der Waals surface area (Å²) in [5.41, 5.74) is 0. The average molecular weight is 384 g/mol. The van der Waals surface area contributed by atoms with Crippen LogP contribution in [-0.4, -0.2) is 34.3 Å². The van der Waals surface area contributed by atoms with Gasteiger partial charge in [-0.05, 0) is 52.7 Å². The van der Waals surface area contributed by atoms with Crippen molar-refractivity contribution in [3.8, 4) is 0 Å². The Hall–Kier alpha value is -1.28. The second-order valence-electron chi connectivity index (χ2n) is 5.84. The minimum Gasteiger partial charge on any atom is -0.364 e. The molecule has 0 spiro atoms. The number of aromatic nitrogens is 3. The van der Waals surface area contributed by atoms with Gasteiger partial charge in [-0.2, -0.15) is 0 Å². The van der Waals surface area contributed by atoms with E-state index in [1.54, 1.807) is 23.6 Å². The molecule has 1 aliphatic heterocycles. The molecule has 0 amide bonds. The normalized spacial score (nSPS) is 27.2. The van der Waals surface area contributed by atoms with E-state index in [0.717, 1.165) is 35.0 Å². The van der Waals surface area contributed by atoms with Crippen LogP contribution in [0.5, 0.6) is 0 Å². The van der Waals surface area contributed by atoms with E-state index in [9.17, 15) is 4.39 Å². The molecular formula is C14H15BrFN5S. The van der Waals surface area contributed by atoms with Crippen LogP contribution in [0.2, 0.25) is 0 Å². The fourth-order valence-corrected chi connectivity index (χ4v) is 4.70. The predicted molar refractivity (Wildman–Crippen MR) is 87.6 cm³/mol. The summed E-state index contributed by atoms with van der Waals surface area (Å²) in [4.78, 5) is 6.43. The highest BCUT2D eigenvalue weighted by atomic mass is 79.9. The minimum absolute atomic E-state index is 0.280. The lowest BCUT2D eigenvalue weighted by Crippen LogP contribution is -2.48. The van der Waals surface area contributed by atoms with Crippen LogP contribution in [0, 0.1) is 17.7 Å². The molecule has 2 fully saturated rings. The van der Waals surface area contributed by atoms with Gasteiger partial charge < -0.3 is 10.2 Å². The van der Waals surface area contributed by atoms with E-state index in [-0.39, 0.29) is 11.9 Å². The maximum Gasteiger partial charge on any atom is 0.209 e. The molecule has 1 N–H and O–H groups in total. The summed E-state index contributed by atoms with van der Waals surface area (Å²) in [6, 6.07) is 3.35. The molecule has 8 heteroatoms. The average Bonchev–Trinajstić information content (AvgIpc) is 3.02. The van der Waals surface area contributed by atoms with Crippen LogP contribution < -0.4 is 10.2 Å². The van der Waals surface area contributed by atoms with Crippen molar-refractivity contribution in [1.82, 2.24) is 15.2 Å². The topological polar surface area (TPSA) is 53.9 Å². The first-order valence-electron chi connectivity index (χ1n) is 7.31. The Morgan fingerprint density at radius 2 is 2.05 bits per heavy atom. The van der Waals surface area contributed by atoms with Gasteiger partial charge in [-0.15, -0.1) is 10.2 Å². The highest BCUT2D eigenvalue weighted by Crippen LogP contribution is 2.41. The molecule has 2 aromatic rings. The van der Waals surface area contributed by atoms with Crippen molar-refractivity contribution in [1.29, 1.82) is 0 Å². The predicted octanol–water partition coefficient (Wildman–Crippen LogP) is 3.16. The van der Waals surface area contributed by atoms with Crippen molar-refractivity contribution in [2.45, 2.75) is 18.9 Å². The Morgan fingerprint density at radius 1 is 1.27 bits per heavy atom. The molecule has 0 unspecified atom stereocenters. The third-order valence-corrected chi connectivity index (χ3v) is 5.97. The molecule has 2 aromatic heterocycles. The summed E-state index contributed by atoms with van der Waals surface area (Å²) in [6.07, 6.45) is 3.95.